The number of rotatable bonds is 1. The number of hydrogen-bond acceptors (Lipinski definition) is 3. The van der Waals surface area contributed by atoms with Crippen molar-refractivity contribution in [2.45, 2.75) is 24.0 Å². The van der Waals surface area contributed by atoms with Crippen molar-refractivity contribution in [3.05, 3.63) is 58.1 Å². The van der Waals surface area contributed by atoms with Gasteiger partial charge in [-0.3, -0.25) is 14.5 Å². The molecule has 2 aliphatic heterocycles. The summed E-state index contributed by atoms with van der Waals surface area (Å²) in [5.41, 5.74) is 3.43. The van der Waals surface area contributed by atoms with E-state index in [9.17, 15) is 9.59 Å². The molecule has 2 heterocycles. The Hall–Kier alpha value is -1.79. The van der Waals surface area contributed by atoms with E-state index in [0.717, 1.165) is 27.0 Å². The summed E-state index contributed by atoms with van der Waals surface area (Å²) in [6.45, 7) is 3.85. The summed E-state index contributed by atoms with van der Waals surface area (Å²) in [4.78, 5) is 26.5. The molecule has 4 rings (SSSR count). The highest BCUT2D eigenvalue weighted by atomic mass is 79.9. The summed E-state index contributed by atoms with van der Waals surface area (Å²) in [7, 11) is 0. The summed E-state index contributed by atoms with van der Waals surface area (Å²) in [5.74, 6) is -0.208. The third-order valence-corrected chi connectivity index (χ3v) is 6.42. The Balaban J connectivity index is 1.95. The van der Waals surface area contributed by atoms with Crippen molar-refractivity contribution in [3.63, 3.8) is 0 Å². The Kier molecular flexibility index (Phi) is 3.51. The molecule has 1 spiro atoms. The fourth-order valence-electron chi connectivity index (χ4n) is 3.31. The van der Waals surface area contributed by atoms with Crippen LogP contribution in [0.15, 0.2) is 46.9 Å². The smallest absolute Gasteiger partial charge is 0.266 e. The number of nitrogens with one attached hydrogen (secondary N) is 1. The predicted octanol–water partition coefficient (Wildman–Crippen LogP) is 4.03. The van der Waals surface area contributed by atoms with Crippen molar-refractivity contribution in [2.24, 2.45) is 0 Å². The first-order valence-electron chi connectivity index (χ1n) is 7.63. The van der Waals surface area contributed by atoms with Crippen molar-refractivity contribution in [1.29, 1.82) is 0 Å². The van der Waals surface area contributed by atoms with Crippen molar-refractivity contribution in [1.82, 2.24) is 0 Å². The highest BCUT2D eigenvalue weighted by molar-refractivity contribution is 9.10. The molecule has 0 unspecified atom stereocenters. The van der Waals surface area contributed by atoms with Gasteiger partial charge in [-0.1, -0.05) is 33.6 Å². The number of hydrogen-bond donors (Lipinski definition) is 1. The summed E-state index contributed by atoms with van der Waals surface area (Å²) in [6.07, 6.45) is 0. The predicted molar refractivity (Wildman–Crippen MR) is 100 cm³/mol. The average molecular weight is 403 g/mol. The summed E-state index contributed by atoms with van der Waals surface area (Å²) in [6, 6.07) is 13.4. The van der Waals surface area contributed by atoms with E-state index in [1.165, 1.54) is 11.8 Å². The second-order valence-electron chi connectivity index (χ2n) is 6.06. The first kappa shape index (κ1) is 15.7. The lowest BCUT2D eigenvalue weighted by Gasteiger charge is -2.32. The standard InChI is InChI=1S/C18H15BrN2O2S/c1-10-3-8-15-14(9-10)18(17(23)20-15)21(16(22)11(2)24-18)13-6-4-12(19)5-7-13/h3-9,11H,1-2H3,(H,20,23)/t11-,18-/m1/s1. The van der Waals surface area contributed by atoms with E-state index in [1.54, 1.807) is 4.90 Å². The van der Waals surface area contributed by atoms with E-state index < -0.39 is 4.87 Å². The minimum atomic E-state index is -1.04. The fourth-order valence-corrected chi connectivity index (χ4v) is 5.05. The SMILES string of the molecule is Cc1ccc2c(c1)[C@@]1(S[C@H](C)C(=O)N1c1ccc(Br)cc1)C(=O)N2. The maximum Gasteiger partial charge on any atom is 0.266 e. The lowest BCUT2D eigenvalue weighted by atomic mass is 10.0. The van der Waals surface area contributed by atoms with Crippen LogP contribution < -0.4 is 10.2 Å². The highest BCUT2D eigenvalue weighted by Gasteiger charge is 2.60. The van der Waals surface area contributed by atoms with Gasteiger partial charge >= 0.3 is 0 Å². The van der Waals surface area contributed by atoms with Gasteiger partial charge in [0.1, 0.15) is 0 Å². The Bertz CT molecular complexity index is 868. The molecule has 1 N–H and O–H groups in total. The third-order valence-electron chi connectivity index (χ3n) is 4.41. The van der Waals surface area contributed by atoms with Gasteiger partial charge < -0.3 is 5.32 Å². The number of amides is 2. The number of fused-ring (bicyclic) bond motifs is 2. The molecule has 4 nitrogen and oxygen atoms in total. The number of halogens is 1. The van der Waals surface area contributed by atoms with Crippen molar-refractivity contribution >= 4 is 50.9 Å². The molecule has 0 saturated carbocycles. The van der Waals surface area contributed by atoms with Crippen LogP contribution >= 0.6 is 27.7 Å². The van der Waals surface area contributed by atoms with E-state index in [-0.39, 0.29) is 17.1 Å². The van der Waals surface area contributed by atoms with Gasteiger partial charge in [0.25, 0.3) is 5.91 Å². The van der Waals surface area contributed by atoms with Crippen molar-refractivity contribution < 1.29 is 9.59 Å². The van der Waals surface area contributed by atoms with Gasteiger partial charge in [0.2, 0.25) is 10.8 Å². The zero-order valence-electron chi connectivity index (χ0n) is 13.2. The van der Waals surface area contributed by atoms with Crippen LogP contribution in [0.5, 0.6) is 0 Å². The summed E-state index contributed by atoms with van der Waals surface area (Å²) in [5, 5.41) is 2.66. The molecule has 1 saturated heterocycles. The number of anilines is 2. The molecule has 1 fully saturated rings. The highest BCUT2D eigenvalue weighted by Crippen LogP contribution is 2.56. The van der Waals surface area contributed by atoms with E-state index in [1.807, 2.05) is 56.3 Å². The number of carbonyl (C=O) groups is 2. The van der Waals surface area contributed by atoms with Gasteiger partial charge in [0.15, 0.2) is 0 Å². The van der Waals surface area contributed by atoms with Crippen LogP contribution in [-0.2, 0) is 14.5 Å². The van der Waals surface area contributed by atoms with Gasteiger partial charge in [-0.15, -0.1) is 11.8 Å². The molecule has 6 heteroatoms. The molecule has 2 atom stereocenters. The Morgan fingerprint density at radius 1 is 1.17 bits per heavy atom. The van der Waals surface area contributed by atoms with Crippen LogP contribution in [0.4, 0.5) is 11.4 Å². The number of aryl methyl sites for hydroxylation is 1. The topological polar surface area (TPSA) is 49.4 Å². The van der Waals surface area contributed by atoms with Gasteiger partial charge in [-0.05, 0) is 44.2 Å². The monoisotopic (exact) mass is 402 g/mol. The molecule has 122 valence electrons. The van der Waals surface area contributed by atoms with Gasteiger partial charge in [-0.25, -0.2) is 0 Å². The molecule has 0 aromatic heterocycles. The van der Waals surface area contributed by atoms with E-state index in [2.05, 4.69) is 21.2 Å². The maximum absolute atomic E-state index is 13.0. The molecule has 2 aromatic carbocycles. The fraction of sp³-hybridized carbons (Fsp3) is 0.222. The minimum Gasteiger partial charge on any atom is -0.323 e. The molecular formula is C18H15BrN2O2S. The van der Waals surface area contributed by atoms with Crippen molar-refractivity contribution in [3.8, 4) is 0 Å². The number of carbonyl (C=O) groups excluding carboxylic acids is 2. The summed E-state index contributed by atoms with van der Waals surface area (Å²) < 4.78 is 0.930. The second kappa shape index (κ2) is 5.36. The van der Waals surface area contributed by atoms with Gasteiger partial charge in [0, 0.05) is 21.4 Å². The number of thioether (sulfide) groups is 1. The molecule has 2 amide bonds. The molecule has 0 aliphatic carbocycles. The van der Waals surface area contributed by atoms with Gasteiger partial charge in [0.05, 0.1) is 5.25 Å². The lowest BCUT2D eigenvalue weighted by Crippen LogP contribution is -2.47. The first-order valence-corrected chi connectivity index (χ1v) is 9.31. The van der Waals surface area contributed by atoms with Gasteiger partial charge in [-0.2, -0.15) is 0 Å². The average Bonchev–Trinajstić information content (AvgIpc) is 2.97. The van der Waals surface area contributed by atoms with Crippen LogP contribution in [0.25, 0.3) is 0 Å². The normalized spacial score (nSPS) is 25.3. The molecule has 0 bridgehead atoms. The zero-order chi connectivity index (χ0) is 17.1. The van der Waals surface area contributed by atoms with Crippen molar-refractivity contribution in [2.75, 3.05) is 10.2 Å². The molecule has 2 aromatic rings. The minimum absolute atomic E-state index is 0.0492. The van der Waals surface area contributed by atoms with E-state index in [4.69, 9.17) is 0 Å². The Labute approximate surface area is 152 Å². The molecule has 0 radical (unpaired) electrons. The quantitative estimate of drug-likeness (QED) is 0.782. The van der Waals surface area contributed by atoms with Crippen LogP contribution in [0.1, 0.15) is 18.1 Å². The van der Waals surface area contributed by atoms with Crippen LogP contribution in [0, 0.1) is 6.92 Å². The van der Waals surface area contributed by atoms with E-state index >= 15 is 0 Å². The Morgan fingerprint density at radius 2 is 1.88 bits per heavy atom. The maximum atomic E-state index is 13.0. The number of nitrogens with zero attached hydrogens (tertiary/aromatic N) is 1. The largest absolute Gasteiger partial charge is 0.323 e. The van der Waals surface area contributed by atoms with Crippen LogP contribution in [-0.4, -0.2) is 17.1 Å². The van der Waals surface area contributed by atoms with Crippen LogP contribution in [0.2, 0.25) is 0 Å². The molecule has 2 aliphatic rings. The van der Waals surface area contributed by atoms with E-state index in [0.29, 0.717) is 0 Å². The van der Waals surface area contributed by atoms with Crippen LogP contribution in [0.3, 0.4) is 0 Å². The molecule has 24 heavy (non-hydrogen) atoms. The zero-order valence-corrected chi connectivity index (χ0v) is 15.6. The first-order chi connectivity index (χ1) is 11.4. The summed E-state index contributed by atoms with van der Waals surface area (Å²) >= 11 is 4.82. The second-order valence-corrected chi connectivity index (χ2v) is 8.51. The molecular weight excluding hydrogens is 388 g/mol. The Morgan fingerprint density at radius 3 is 2.58 bits per heavy atom. The third kappa shape index (κ3) is 2.06. The number of benzene rings is 2. The lowest BCUT2D eigenvalue weighted by molar-refractivity contribution is -0.122.